The molecule has 0 bridgehead atoms. The number of sulfonamides is 1. The first-order valence-corrected chi connectivity index (χ1v) is 13.4. The van der Waals surface area contributed by atoms with E-state index in [0.717, 1.165) is 44.9 Å². The zero-order valence-corrected chi connectivity index (χ0v) is 19.0. The molecule has 5 unspecified atom stereocenters. The first-order valence-electron chi connectivity index (χ1n) is 11.8. The number of carbonyl (C=O) groups excluding carboxylic acids is 1. The van der Waals surface area contributed by atoms with Crippen LogP contribution in [0.1, 0.15) is 77.0 Å². The van der Waals surface area contributed by atoms with Gasteiger partial charge in [-0.15, -0.1) is 0 Å². The average molecular weight is 426 g/mol. The second kappa shape index (κ2) is 8.83. The fourth-order valence-electron chi connectivity index (χ4n) is 6.82. The van der Waals surface area contributed by atoms with Gasteiger partial charge in [-0.25, -0.2) is 13.1 Å². The summed E-state index contributed by atoms with van der Waals surface area (Å²) in [4.78, 5) is 16.9. The van der Waals surface area contributed by atoms with Crippen molar-refractivity contribution in [2.75, 3.05) is 20.6 Å². The maximum atomic E-state index is 13.4. The molecule has 5 atom stereocenters. The maximum Gasteiger partial charge on any atom is 0.224 e. The summed E-state index contributed by atoms with van der Waals surface area (Å²) < 4.78 is 29.8. The van der Waals surface area contributed by atoms with E-state index in [4.69, 9.17) is 0 Å². The summed E-state index contributed by atoms with van der Waals surface area (Å²) in [5.41, 5.74) is 0. The van der Waals surface area contributed by atoms with Crippen molar-refractivity contribution in [1.29, 1.82) is 0 Å². The highest BCUT2D eigenvalue weighted by molar-refractivity contribution is 7.90. The zero-order valence-electron chi connectivity index (χ0n) is 18.2. The van der Waals surface area contributed by atoms with Crippen molar-refractivity contribution in [3.63, 3.8) is 0 Å². The molecule has 1 saturated heterocycles. The van der Waals surface area contributed by atoms with Crippen LogP contribution in [0.4, 0.5) is 0 Å². The number of hydrogen-bond acceptors (Lipinski definition) is 4. The van der Waals surface area contributed by atoms with Crippen molar-refractivity contribution < 1.29 is 13.2 Å². The van der Waals surface area contributed by atoms with E-state index in [1.807, 2.05) is 4.90 Å². The maximum absolute atomic E-state index is 13.4. The minimum Gasteiger partial charge on any atom is -0.338 e. The lowest BCUT2D eigenvalue weighted by molar-refractivity contribution is -0.130. The lowest BCUT2D eigenvalue weighted by Crippen LogP contribution is -2.53. The van der Waals surface area contributed by atoms with Crippen LogP contribution in [0.25, 0.3) is 0 Å². The minimum atomic E-state index is -3.41. The molecule has 0 aromatic rings. The summed E-state index contributed by atoms with van der Waals surface area (Å²) in [5, 5.41) is -0.289. The summed E-state index contributed by atoms with van der Waals surface area (Å²) in [6.45, 7) is 0.559. The van der Waals surface area contributed by atoms with E-state index >= 15 is 0 Å². The molecule has 1 heterocycles. The predicted molar refractivity (Wildman–Crippen MR) is 115 cm³/mol. The second-order valence-corrected chi connectivity index (χ2v) is 12.1. The molecule has 4 fully saturated rings. The summed E-state index contributed by atoms with van der Waals surface area (Å²) in [6, 6.07) is 0.577. The van der Waals surface area contributed by atoms with Crippen LogP contribution in [0, 0.1) is 11.8 Å². The Bertz CT molecular complexity index is 689. The van der Waals surface area contributed by atoms with E-state index in [0.29, 0.717) is 31.0 Å². The Balaban J connectivity index is 1.42. The molecule has 6 nitrogen and oxygen atoms in total. The molecular formula is C22H39N3O3S. The Morgan fingerprint density at radius 2 is 1.59 bits per heavy atom. The van der Waals surface area contributed by atoms with Crippen LogP contribution in [0.5, 0.6) is 0 Å². The van der Waals surface area contributed by atoms with E-state index < -0.39 is 10.0 Å². The van der Waals surface area contributed by atoms with Crippen molar-refractivity contribution in [2.45, 2.75) is 100 Å². The molecule has 166 valence electrons. The Morgan fingerprint density at radius 1 is 0.897 bits per heavy atom. The molecule has 0 radical (unpaired) electrons. The van der Waals surface area contributed by atoms with E-state index in [2.05, 4.69) is 23.7 Å². The first-order chi connectivity index (χ1) is 13.9. The SMILES string of the molecule is CN(C)C1CCCC2C1CCCC2S(=O)(=O)NC1CC(=O)N(C2CCCCC2)C1. The van der Waals surface area contributed by atoms with Crippen molar-refractivity contribution in [1.82, 2.24) is 14.5 Å². The number of amides is 1. The Hall–Kier alpha value is -0.660. The van der Waals surface area contributed by atoms with Gasteiger partial charge in [-0.05, 0) is 64.5 Å². The molecule has 1 N–H and O–H groups in total. The lowest BCUT2D eigenvalue weighted by Gasteiger charge is -2.47. The number of hydrogen-bond donors (Lipinski definition) is 1. The van der Waals surface area contributed by atoms with Gasteiger partial charge in [-0.2, -0.15) is 0 Å². The largest absolute Gasteiger partial charge is 0.338 e. The first kappa shape index (κ1) is 21.6. The molecule has 0 spiro atoms. The molecule has 29 heavy (non-hydrogen) atoms. The predicted octanol–water partition coefficient (Wildman–Crippen LogP) is 2.74. The van der Waals surface area contributed by atoms with Crippen molar-refractivity contribution in [3.8, 4) is 0 Å². The van der Waals surface area contributed by atoms with Crippen LogP contribution >= 0.6 is 0 Å². The third kappa shape index (κ3) is 4.52. The Kier molecular flexibility index (Phi) is 6.57. The van der Waals surface area contributed by atoms with Gasteiger partial charge in [-0.1, -0.05) is 32.1 Å². The highest BCUT2D eigenvalue weighted by Gasteiger charge is 2.47. The molecule has 3 saturated carbocycles. The summed E-state index contributed by atoms with van der Waals surface area (Å²) in [5.74, 6) is 0.878. The fourth-order valence-corrected chi connectivity index (χ4v) is 8.89. The van der Waals surface area contributed by atoms with Gasteiger partial charge < -0.3 is 9.80 Å². The normalized spacial score (nSPS) is 37.1. The van der Waals surface area contributed by atoms with Crippen molar-refractivity contribution in [3.05, 3.63) is 0 Å². The highest BCUT2D eigenvalue weighted by atomic mass is 32.2. The van der Waals surface area contributed by atoms with Crippen LogP contribution in [-0.2, 0) is 14.8 Å². The Morgan fingerprint density at radius 3 is 2.31 bits per heavy atom. The second-order valence-electron chi connectivity index (χ2n) is 10.2. The van der Waals surface area contributed by atoms with E-state index in [1.54, 1.807) is 0 Å². The van der Waals surface area contributed by atoms with Crippen molar-refractivity contribution in [2.24, 2.45) is 11.8 Å². The minimum absolute atomic E-state index is 0.136. The third-order valence-electron chi connectivity index (χ3n) is 8.15. The van der Waals surface area contributed by atoms with E-state index in [-0.39, 0.29) is 23.1 Å². The smallest absolute Gasteiger partial charge is 0.224 e. The summed E-state index contributed by atoms with van der Waals surface area (Å²) >= 11 is 0. The molecule has 1 amide bonds. The average Bonchev–Trinajstić information content (AvgIpc) is 3.06. The van der Waals surface area contributed by atoms with E-state index in [9.17, 15) is 13.2 Å². The Labute approximate surface area is 176 Å². The lowest BCUT2D eigenvalue weighted by atomic mass is 9.68. The quantitative estimate of drug-likeness (QED) is 0.735. The van der Waals surface area contributed by atoms with Gasteiger partial charge in [-0.3, -0.25) is 4.79 Å². The summed E-state index contributed by atoms with van der Waals surface area (Å²) in [7, 11) is 0.853. The number of rotatable bonds is 5. The number of fused-ring (bicyclic) bond motifs is 1. The fraction of sp³-hybridized carbons (Fsp3) is 0.955. The summed E-state index contributed by atoms with van der Waals surface area (Å²) in [6.07, 6.45) is 12.3. The topological polar surface area (TPSA) is 69.7 Å². The molecule has 3 aliphatic carbocycles. The van der Waals surface area contributed by atoms with Gasteiger partial charge in [0.05, 0.1) is 5.25 Å². The third-order valence-corrected chi connectivity index (χ3v) is 10.2. The standard InChI is InChI=1S/C22H39N3O3S/c1-24(2)20-12-6-11-19-18(20)10-7-13-21(19)29(27,28)23-16-14-22(26)25(15-16)17-8-4-3-5-9-17/h16-21,23H,3-15H2,1-2H3. The van der Waals surface area contributed by atoms with Crippen LogP contribution in [0.15, 0.2) is 0 Å². The van der Waals surface area contributed by atoms with Gasteiger partial charge in [0.1, 0.15) is 0 Å². The molecule has 0 aromatic heterocycles. The van der Waals surface area contributed by atoms with Crippen LogP contribution < -0.4 is 4.72 Å². The van der Waals surface area contributed by atoms with E-state index in [1.165, 1.54) is 25.7 Å². The number of carbonyl (C=O) groups is 1. The van der Waals surface area contributed by atoms with Crippen LogP contribution in [-0.4, -0.2) is 68.1 Å². The highest BCUT2D eigenvalue weighted by Crippen LogP contribution is 2.44. The van der Waals surface area contributed by atoms with Crippen molar-refractivity contribution >= 4 is 15.9 Å². The molecule has 4 rings (SSSR count). The molecule has 7 heteroatoms. The number of nitrogens with one attached hydrogen (secondary N) is 1. The van der Waals surface area contributed by atoms with Gasteiger partial charge in [0, 0.05) is 31.1 Å². The van der Waals surface area contributed by atoms with Gasteiger partial charge >= 0.3 is 0 Å². The zero-order chi connectivity index (χ0) is 20.6. The van der Waals surface area contributed by atoms with Gasteiger partial charge in [0.15, 0.2) is 0 Å². The number of likely N-dealkylation sites (tertiary alicyclic amines) is 1. The van der Waals surface area contributed by atoms with Crippen LogP contribution in [0.3, 0.4) is 0 Å². The monoisotopic (exact) mass is 425 g/mol. The molecule has 1 aliphatic heterocycles. The molecular weight excluding hydrogens is 386 g/mol. The van der Waals surface area contributed by atoms with Gasteiger partial charge in [0.25, 0.3) is 0 Å². The molecule has 0 aromatic carbocycles. The number of nitrogens with zero attached hydrogens (tertiary/aromatic N) is 2. The van der Waals surface area contributed by atoms with Gasteiger partial charge in [0.2, 0.25) is 15.9 Å². The van der Waals surface area contributed by atoms with Crippen LogP contribution in [0.2, 0.25) is 0 Å². The molecule has 4 aliphatic rings.